The van der Waals surface area contributed by atoms with Gasteiger partial charge in [-0.1, -0.05) is 73.1 Å². The second-order valence-corrected chi connectivity index (χ2v) is 16.4. The highest BCUT2D eigenvalue weighted by Gasteiger charge is 2.46. The van der Waals surface area contributed by atoms with Crippen LogP contribution in [0.2, 0.25) is 0 Å². The summed E-state index contributed by atoms with van der Waals surface area (Å²) in [5.41, 5.74) is 1.82. The molecule has 1 aromatic heterocycles. The van der Waals surface area contributed by atoms with E-state index in [1.165, 1.54) is 0 Å². The number of pyridine rings is 1. The van der Waals surface area contributed by atoms with Crippen molar-refractivity contribution in [3.8, 4) is 0 Å². The van der Waals surface area contributed by atoms with Crippen LogP contribution in [0.25, 0.3) is 10.8 Å². The Kier molecular flexibility index (Phi) is 15.6. The molecule has 1 unspecified atom stereocenters. The SMILES string of the molecule is CC[C@H](C)C([C@H]1CC(N2CCC[C@H]2[C@H](OC)[C@@H](C)C(=O)NCCc2cccc3cnccc23)=C(N=O)O1)N(C)C(=O)[C@@H](NC(=O)[C@H](C(C)C)N(C)C)C(C)C. The largest absolute Gasteiger partial charge is 0.468 e. The minimum Gasteiger partial charge on any atom is -0.468 e. The predicted octanol–water partition coefficient (Wildman–Crippen LogP) is 5.33. The Balaban J connectivity index is 1.48. The van der Waals surface area contributed by atoms with Crippen LogP contribution in [0.5, 0.6) is 0 Å². The molecule has 4 rings (SSSR count). The molecule has 8 atom stereocenters. The van der Waals surface area contributed by atoms with Crippen molar-refractivity contribution in [2.75, 3.05) is 41.3 Å². The van der Waals surface area contributed by atoms with Gasteiger partial charge in [-0.25, -0.2) is 0 Å². The Morgan fingerprint density at radius 3 is 2.40 bits per heavy atom. The monoisotopic (exact) mass is 763 g/mol. The second-order valence-electron chi connectivity index (χ2n) is 16.4. The van der Waals surface area contributed by atoms with E-state index in [2.05, 4.69) is 45.6 Å². The van der Waals surface area contributed by atoms with Gasteiger partial charge in [0.1, 0.15) is 12.1 Å². The van der Waals surface area contributed by atoms with Gasteiger partial charge in [0.05, 0.1) is 35.8 Å². The fourth-order valence-corrected chi connectivity index (χ4v) is 8.73. The van der Waals surface area contributed by atoms with E-state index >= 15 is 0 Å². The number of likely N-dealkylation sites (tertiary alicyclic amines) is 1. The van der Waals surface area contributed by atoms with Crippen LogP contribution < -0.4 is 10.6 Å². The van der Waals surface area contributed by atoms with Crippen LogP contribution in [0.1, 0.15) is 79.7 Å². The molecule has 2 N–H and O–H groups in total. The number of aromatic nitrogens is 1. The van der Waals surface area contributed by atoms with E-state index in [9.17, 15) is 19.3 Å². The number of fused-ring (bicyclic) bond motifs is 1. The summed E-state index contributed by atoms with van der Waals surface area (Å²) in [4.78, 5) is 63.7. The molecule has 3 heterocycles. The van der Waals surface area contributed by atoms with Gasteiger partial charge in [-0.2, -0.15) is 0 Å². The number of methoxy groups -OCH3 is 1. The Morgan fingerprint density at radius 2 is 1.78 bits per heavy atom. The minimum absolute atomic E-state index is 0.00950. The van der Waals surface area contributed by atoms with Crippen LogP contribution in [0.15, 0.2) is 53.4 Å². The second kappa shape index (κ2) is 19.7. The summed E-state index contributed by atoms with van der Waals surface area (Å²) in [5, 5.41) is 11.7. The first-order valence-electron chi connectivity index (χ1n) is 20.0. The number of hydrogen-bond acceptors (Lipinski definition) is 10. The van der Waals surface area contributed by atoms with Crippen LogP contribution in [0.3, 0.4) is 0 Å². The maximum absolute atomic E-state index is 14.3. The third-order valence-electron chi connectivity index (χ3n) is 11.7. The Morgan fingerprint density at radius 1 is 1.05 bits per heavy atom. The zero-order chi connectivity index (χ0) is 40.6. The fourth-order valence-electron chi connectivity index (χ4n) is 8.73. The lowest BCUT2D eigenvalue weighted by Gasteiger charge is -2.39. The van der Waals surface area contributed by atoms with Gasteiger partial charge >= 0.3 is 0 Å². The third kappa shape index (κ3) is 10.0. The average Bonchev–Trinajstić information content (AvgIpc) is 3.80. The maximum atomic E-state index is 14.3. The summed E-state index contributed by atoms with van der Waals surface area (Å²) in [6.07, 6.45) is 6.07. The number of nitrogens with zero attached hydrogens (tertiary/aromatic N) is 5. The van der Waals surface area contributed by atoms with E-state index < -0.39 is 30.2 Å². The van der Waals surface area contributed by atoms with Gasteiger partial charge in [-0.3, -0.25) is 24.3 Å². The highest BCUT2D eigenvalue weighted by molar-refractivity contribution is 5.90. The fraction of sp³-hybridized carbons (Fsp3) is 0.667. The lowest BCUT2D eigenvalue weighted by atomic mass is 9.89. The molecule has 1 aromatic carbocycles. The molecule has 0 bridgehead atoms. The van der Waals surface area contributed by atoms with Crippen LogP contribution in [-0.2, 0) is 30.3 Å². The number of carbonyl (C=O) groups is 3. The third-order valence-corrected chi connectivity index (χ3v) is 11.7. The molecule has 1 saturated heterocycles. The summed E-state index contributed by atoms with van der Waals surface area (Å²) in [5.74, 6) is -1.05. The number of carbonyl (C=O) groups excluding carboxylic acids is 3. The van der Waals surface area contributed by atoms with Crippen LogP contribution >= 0.6 is 0 Å². The topological polar surface area (TPSA) is 146 Å². The number of rotatable bonds is 19. The molecule has 304 valence electrons. The average molecular weight is 764 g/mol. The molecule has 2 aromatic rings. The van der Waals surface area contributed by atoms with Gasteiger partial charge < -0.3 is 29.9 Å². The highest BCUT2D eigenvalue weighted by Crippen LogP contribution is 2.39. The van der Waals surface area contributed by atoms with Gasteiger partial charge in [0.15, 0.2) is 0 Å². The summed E-state index contributed by atoms with van der Waals surface area (Å²) in [6.45, 7) is 15.0. The van der Waals surface area contributed by atoms with Crippen LogP contribution in [0, 0.1) is 28.6 Å². The van der Waals surface area contributed by atoms with Crippen LogP contribution in [0.4, 0.5) is 0 Å². The summed E-state index contributed by atoms with van der Waals surface area (Å²) in [7, 11) is 7.12. The van der Waals surface area contributed by atoms with E-state index in [0.717, 1.165) is 35.6 Å². The predicted molar refractivity (Wildman–Crippen MR) is 216 cm³/mol. The van der Waals surface area contributed by atoms with E-state index in [1.54, 1.807) is 25.3 Å². The number of likely N-dealkylation sites (N-methyl/N-ethyl adjacent to an activating group) is 2. The number of benzene rings is 1. The first-order chi connectivity index (χ1) is 26.2. The number of nitrogens with one attached hydrogen (secondary N) is 2. The first-order valence-corrected chi connectivity index (χ1v) is 20.0. The molecule has 13 heteroatoms. The van der Waals surface area contributed by atoms with Gasteiger partial charge in [0.25, 0.3) is 5.88 Å². The Bertz CT molecular complexity index is 1650. The molecular formula is C42H65N7O6. The molecule has 0 saturated carbocycles. The van der Waals surface area contributed by atoms with Gasteiger partial charge in [0, 0.05) is 56.6 Å². The molecule has 0 radical (unpaired) electrons. The van der Waals surface area contributed by atoms with Crippen molar-refractivity contribution < 1.29 is 23.9 Å². The van der Waals surface area contributed by atoms with E-state index in [1.807, 2.05) is 78.0 Å². The smallest absolute Gasteiger partial charge is 0.275 e. The van der Waals surface area contributed by atoms with Crippen molar-refractivity contribution in [3.63, 3.8) is 0 Å². The first kappa shape index (κ1) is 43.6. The molecule has 55 heavy (non-hydrogen) atoms. The van der Waals surface area contributed by atoms with Gasteiger partial charge in [-0.15, -0.1) is 4.91 Å². The van der Waals surface area contributed by atoms with Crippen molar-refractivity contribution in [1.82, 2.24) is 30.3 Å². The normalized spacial score (nSPS) is 20.7. The summed E-state index contributed by atoms with van der Waals surface area (Å²) < 4.78 is 12.4. The molecule has 2 aliphatic rings. The maximum Gasteiger partial charge on any atom is 0.275 e. The molecule has 13 nitrogen and oxygen atoms in total. The van der Waals surface area contributed by atoms with E-state index in [0.29, 0.717) is 31.6 Å². The molecular weight excluding hydrogens is 699 g/mol. The quantitative estimate of drug-likeness (QED) is 0.181. The molecule has 1 fully saturated rings. The van der Waals surface area contributed by atoms with Crippen molar-refractivity contribution in [1.29, 1.82) is 0 Å². The van der Waals surface area contributed by atoms with Crippen molar-refractivity contribution in [3.05, 3.63) is 58.7 Å². The zero-order valence-electron chi connectivity index (χ0n) is 34.9. The van der Waals surface area contributed by atoms with Gasteiger partial charge in [0.2, 0.25) is 17.7 Å². The number of amides is 3. The number of hydrogen-bond donors (Lipinski definition) is 2. The summed E-state index contributed by atoms with van der Waals surface area (Å²) >= 11 is 0. The van der Waals surface area contributed by atoms with Crippen molar-refractivity contribution in [2.24, 2.45) is 28.8 Å². The standard InChI is InChI=1S/C42H65N7O6/c1-12-27(6)37(48(10)42(52)35(25(2)3)45-40(51)36(26(4)5)47(8)9)34-23-33(41(46-53)55-34)49-22-14-17-32(49)38(54-11)28(7)39(50)44-21-18-29-15-13-16-30-24-43-20-19-31(29)30/h13,15-16,19-20,24-28,32,34-38H,12,14,17-18,21-23H2,1-11H3,(H,44,50)(H,45,51)/t27-,28+,32-,34+,35-,36-,37?,38+/m0/s1. The Hall–Kier alpha value is -4.10. The van der Waals surface area contributed by atoms with Crippen molar-refractivity contribution >= 4 is 28.5 Å². The molecule has 3 amide bonds. The van der Waals surface area contributed by atoms with E-state index in [-0.39, 0.29) is 53.4 Å². The van der Waals surface area contributed by atoms with Crippen molar-refractivity contribution in [2.45, 2.75) is 117 Å². The molecule has 0 spiro atoms. The zero-order valence-corrected chi connectivity index (χ0v) is 34.9. The molecule has 0 aliphatic carbocycles. The van der Waals surface area contributed by atoms with Gasteiger partial charge in [-0.05, 0) is 68.1 Å². The number of nitroso groups, excluding NO2 is 1. The Labute approximate surface area is 327 Å². The minimum atomic E-state index is -0.745. The van der Waals surface area contributed by atoms with Crippen LogP contribution in [-0.4, -0.2) is 115 Å². The molecule has 2 aliphatic heterocycles. The highest BCUT2D eigenvalue weighted by atomic mass is 16.5. The number of ether oxygens (including phenoxy) is 2. The summed E-state index contributed by atoms with van der Waals surface area (Å²) in [6, 6.07) is 6.39. The lowest BCUT2D eigenvalue weighted by Crippen LogP contribution is -2.59. The van der Waals surface area contributed by atoms with E-state index in [4.69, 9.17) is 9.47 Å². The lowest BCUT2D eigenvalue weighted by molar-refractivity contribution is -0.143.